The number of nitrogens with zero attached hydrogens (tertiary/aromatic N) is 1. The summed E-state index contributed by atoms with van der Waals surface area (Å²) in [5, 5.41) is 11.1. The van der Waals surface area contributed by atoms with Crippen molar-refractivity contribution in [3.8, 4) is 0 Å². The lowest BCUT2D eigenvalue weighted by atomic mass is 10.3. The molecule has 0 fully saturated rings. The van der Waals surface area contributed by atoms with E-state index >= 15 is 0 Å². The highest BCUT2D eigenvalue weighted by atomic mass is 16.3. The number of amides is 1. The van der Waals surface area contributed by atoms with Crippen LogP contribution in [0.25, 0.3) is 11.1 Å². The van der Waals surface area contributed by atoms with E-state index in [1.807, 2.05) is 0 Å². The van der Waals surface area contributed by atoms with Crippen LogP contribution in [0.2, 0.25) is 0 Å². The van der Waals surface area contributed by atoms with Crippen LogP contribution in [0.4, 0.5) is 5.69 Å². The number of carbonyl (C=O) groups is 1. The van der Waals surface area contributed by atoms with Gasteiger partial charge in [-0.15, -0.1) is 0 Å². The first-order valence-corrected chi connectivity index (χ1v) is 4.47. The molecule has 2 aromatic rings. The van der Waals surface area contributed by atoms with Gasteiger partial charge in [-0.3, -0.25) is 4.79 Å². The van der Waals surface area contributed by atoms with E-state index < -0.39 is 12.5 Å². The number of rotatable bonds is 2. The maximum atomic E-state index is 10.9. The Kier molecular flexibility index (Phi) is 2.39. The van der Waals surface area contributed by atoms with Crippen molar-refractivity contribution in [1.82, 2.24) is 4.98 Å². The molecule has 0 spiro atoms. The molecule has 78 valence electrons. The molecule has 5 heteroatoms. The zero-order valence-corrected chi connectivity index (χ0v) is 8.15. The highest BCUT2D eigenvalue weighted by Gasteiger charge is 2.04. The Balaban J connectivity index is 2.33. The second-order valence-corrected chi connectivity index (χ2v) is 3.12. The number of hydrogen-bond acceptors (Lipinski definition) is 4. The first-order chi connectivity index (χ1) is 7.19. The lowest BCUT2D eigenvalue weighted by Gasteiger charge is -2.01. The van der Waals surface area contributed by atoms with Gasteiger partial charge in [0.2, 0.25) is 5.91 Å². The molecule has 1 amide bonds. The molecule has 0 radical (unpaired) electrons. The summed E-state index contributed by atoms with van der Waals surface area (Å²) in [6.07, 6.45) is 0. The van der Waals surface area contributed by atoms with E-state index in [-0.39, 0.29) is 0 Å². The van der Waals surface area contributed by atoms with Crippen molar-refractivity contribution in [3.63, 3.8) is 0 Å². The largest absolute Gasteiger partial charge is 0.441 e. The predicted octanol–water partition coefficient (Wildman–Crippen LogP) is 1.07. The Morgan fingerprint density at radius 1 is 1.60 bits per heavy atom. The van der Waals surface area contributed by atoms with Gasteiger partial charge in [-0.2, -0.15) is 0 Å². The molecule has 0 saturated heterocycles. The number of aromatic nitrogens is 1. The van der Waals surface area contributed by atoms with Gasteiger partial charge in [0, 0.05) is 18.7 Å². The molecule has 1 aromatic heterocycles. The van der Waals surface area contributed by atoms with Crippen molar-refractivity contribution in [1.29, 1.82) is 0 Å². The van der Waals surface area contributed by atoms with Crippen LogP contribution < -0.4 is 5.32 Å². The van der Waals surface area contributed by atoms with Crippen molar-refractivity contribution < 1.29 is 14.3 Å². The molecular weight excluding hydrogens is 196 g/mol. The zero-order chi connectivity index (χ0) is 10.8. The van der Waals surface area contributed by atoms with Crippen molar-refractivity contribution in [2.45, 2.75) is 6.92 Å². The Morgan fingerprint density at radius 3 is 3.13 bits per heavy atom. The molecule has 2 N–H and O–H groups in total. The Morgan fingerprint density at radius 2 is 2.40 bits per heavy atom. The topological polar surface area (TPSA) is 75.4 Å². The van der Waals surface area contributed by atoms with Gasteiger partial charge in [0.15, 0.2) is 11.5 Å². The lowest BCUT2D eigenvalue weighted by Crippen LogP contribution is -2.15. The summed E-state index contributed by atoms with van der Waals surface area (Å²) in [6, 6.07) is 5.12. The fraction of sp³-hybridized carbons (Fsp3) is 0.200. The first kappa shape index (κ1) is 9.67. The summed E-state index contributed by atoms with van der Waals surface area (Å²) in [4.78, 5) is 15.0. The molecule has 0 unspecified atom stereocenters. The molecule has 0 saturated carbocycles. The van der Waals surface area contributed by atoms with Crippen LogP contribution in [0.3, 0.4) is 0 Å². The minimum absolute atomic E-state index is 0.453. The summed E-state index contributed by atoms with van der Waals surface area (Å²) in [6.45, 7) is 1.22. The Labute approximate surface area is 85.7 Å². The van der Waals surface area contributed by atoms with Crippen LogP contribution in [0.5, 0.6) is 0 Å². The number of hydrogen-bond donors (Lipinski definition) is 2. The lowest BCUT2D eigenvalue weighted by molar-refractivity contribution is -0.118. The van der Waals surface area contributed by atoms with E-state index in [0.717, 1.165) is 5.52 Å². The maximum Gasteiger partial charge on any atom is 0.250 e. The van der Waals surface area contributed by atoms with Gasteiger partial charge >= 0.3 is 0 Å². The van der Waals surface area contributed by atoms with E-state index in [2.05, 4.69) is 10.3 Å². The van der Waals surface area contributed by atoms with E-state index in [1.165, 1.54) is 0 Å². The normalized spacial score (nSPS) is 10.5. The Bertz CT molecular complexity index is 504. The van der Waals surface area contributed by atoms with Crippen LogP contribution in [0.15, 0.2) is 22.6 Å². The second kappa shape index (κ2) is 3.70. The summed E-state index contributed by atoms with van der Waals surface area (Å²) in [5.41, 5.74) is 1.94. The number of fused-ring (bicyclic) bond motifs is 1. The van der Waals surface area contributed by atoms with Crippen molar-refractivity contribution in [3.05, 3.63) is 24.1 Å². The fourth-order valence-electron chi connectivity index (χ4n) is 1.32. The third-order valence-corrected chi connectivity index (χ3v) is 1.92. The van der Waals surface area contributed by atoms with Crippen LogP contribution >= 0.6 is 0 Å². The van der Waals surface area contributed by atoms with Gasteiger partial charge in [0.1, 0.15) is 12.1 Å². The highest BCUT2D eigenvalue weighted by molar-refractivity contribution is 5.93. The summed E-state index contributed by atoms with van der Waals surface area (Å²) >= 11 is 0. The minimum atomic E-state index is -0.534. The van der Waals surface area contributed by atoms with Crippen molar-refractivity contribution in [2.75, 3.05) is 11.9 Å². The molecule has 0 aliphatic carbocycles. The number of nitrogens with one attached hydrogen (secondary N) is 1. The molecule has 1 heterocycles. The average Bonchev–Trinajstić information content (AvgIpc) is 2.57. The second-order valence-electron chi connectivity index (χ2n) is 3.12. The predicted molar refractivity (Wildman–Crippen MR) is 54.5 cm³/mol. The van der Waals surface area contributed by atoms with E-state index in [9.17, 15) is 4.79 Å². The summed E-state index contributed by atoms with van der Waals surface area (Å²) in [5.74, 6) is 0.126. The van der Waals surface area contributed by atoms with Crippen LogP contribution in [-0.2, 0) is 4.79 Å². The molecule has 1 aromatic carbocycles. The van der Waals surface area contributed by atoms with Gasteiger partial charge in [0.25, 0.3) is 0 Å². The summed E-state index contributed by atoms with van der Waals surface area (Å²) in [7, 11) is 0. The molecule has 0 aliphatic rings. The Hall–Kier alpha value is -1.88. The highest BCUT2D eigenvalue weighted by Crippen LogP contribution is 2.19. The minimum Gasteiger partial charge on any atom is -0.441 e. The first-order valence-electron chi connectivity index (χ1n) is 4.47. The molecule has 0 aliphatic heterocycles. The number of anilines is 1. The SMILES string of the molecule is Cc1nc2ccc(NC(=O)CO)cc2o1. The van der Waals surface area contributed by atoms with Gasteiger partial charge in [-0.05, 0) is 12.1 Å². The summed E-state index contributed by atoms with van der Waals surface area (Å²) < 4.78 is 5.30. The molecule has 2 rings (SSSR count). The molecular formula is C10H10N2O3. The number of benzene rings is 1. The quantitative estimate of drug-likeness (QED) is 0.770. The number of aliphatic hydroxyl groups excluding tert-OH is 1. The monoisotopic (exact) mass is 206 g/mol. The molecule has 0 atom stereocenters. The van der Waals surface area contributed by atoms with Crippen LogP contribution in [0, 0.1) is 6.92 Å². The van der Waals surface area contributed by atoms with Gasteiger partial charge in [-0.1, -0.05) is 0 Å². The molecule has 0 bridgehead atoms. The number of oxazole rings is 1. The van der Waals surface area contributed by atoms with Gasteiger partial charge in [0.05, 0.1) is 0 Å². The third kappa shape index (κ3) is 1.97. The average molecular weight is 206 g/mol. The zero-order valence-electron chi connectivity index (χ0n) is 8.15. The third-order valence-electron chi connectivity index (χ3n) is 1.92. The number of aliphatic hydroxyl groups is 1. The van der Waals surface area contributed by atoms with Crippen LogP contribution in [-0.4, -0.2) is 22.6 Å². The van der Waals surface area contributed by atoms with E-state index in [4.69, 9.17) is 9.52 Å². The van der Waals surface area contributed by atoms with Gasteiger partial charge < -0.3 is 14.8 Å². The maximum absolute atomic E-state index is 10.9. The van der Waals surface area contributed by atoms with Crippen LogP contribution in [0.1, 0.15) is 5.89 Å². The van der Waals surface area contributed by atoms with Crippen molar-refractivity contribution in [2.24, 2.45) is 0 Å². The molecule has 15 heavy (non-hydrogen) atoms. The van der Waals surface area contributed by atoms with E-state index in [0.29, 0.717) is 17.2 Å². The number of carbonyl (C=O) groups excluding carboxylic acids is 1. The van der Waals surface area contributed by atoms with Crippen molar-refractivity contribution >= 4 is 22.7 Å². The fourth-order valence-corrected chi connectivity index (χ4v) is 1.32. The standard InChI is InChI=1S/C10H10N2O3/c1-6-11-8-3-2-7(4-9(8)15-6)12-10(14)5-13/h2-4,13H,5H2,1H3,(H,12,14). The smallest absolute Gasteiger partial charge is 0.250 e. The number of aryl methyl sites for hydroxylation is 1. The molecule has 5 nitrogen and oxygen atoms in total. The van der Waals surface area contributed by atoms with E-state index in [1.54, 1.807) is 25.1 Å². The van der Waals surface area contributed by atoms with Gasteiger partial charge in [-0.25, -0.2) is 4.98 Å².